The molecule has 1 aromatic rings. The summed E-state index contributed by atoms with van der Waals surface area (Å²) in [7, 11) is 1.93. The Morgan fingerprint density at radius 2 is 2.56 bits per heavy atom. The van der Waals surface area contributed by atoms with Gasteiger partial charge >= 0.3 is 6.39 Å². The topological polar surface area (TPSA) is 29.1 Å². The van der Waals surface area contributed by atoms with Gasteiger partial charge in [0, 0.05) is 0 Å². The molecule has 0 aromatic carbocycles. The van der Waals surface area contributed by atoms with Crippen LogP contribution in [-0.2, 0) is 6.54 Å². The maximum absolute atomic E-state index is 4.85. The van der Waals surface area contributed by atoms with Crippen molar-refractivity contribution in [1.29, 1.82) is 0 Å². The van der Waals surface area contributed by atoms with Crippen molar-refractivity contribution in [2.24, 2.45) is 0 Å². The number of nitrogens with one attached hydrogen (secondary N) is 1. The molecule has 0 bridgehead atoms. The van der Waals surface area contributed by atoms with E-state index in [0.29, 0.717) is 0 Å². The van der Waals surface area contributed by atoms with E-state index < -0.39 is 0 Å². The molecule has 0 atom stereocenters. The first-order valence-electron chi connectivity index (χ1n) is 2.99. The zero-order valence-electron chi connectivity index (χ0n) is 5.50. The second kappa shape index (κ2) is 3.25. The molecule has 1 rings (SSSR count). The highest BCUT2D eigenvalue weighted by Crippen LogP contribution is 1.74. The van der Waals surface area contributed by atoms with Crippen molar-refractivity contribution >= 4 is 0 Å². The predicted molar refractivity (Wildman–Crippen MR) is 32.8 cm³/mol. The van der Waals surface area contributed by atoms with Crippen molar-refractivity contribution < 1.29 is 8.98 Å². The summed E-state index contributed by atoms with van der Waals surface area (Å²) in [5.41, 5.74) is 0. The Morgan fingerprint density at radius 3 is 3.11 bits per heavy atom. The van der Waals surface area contributed by atoms with Crippen LogP contribution in [0.15, 0.2) is 23.3 Å². The van der Waals surface area contributed by atoms with Gasteiger partial charge < -0.3 is 9.73 Å². The highest BCUT2D eigenvalue weighted by Gasteiger charge is 1.96. The van der Waals surface area contributed by atoms with Crippen LogP contribution in [0.3, 0.4) is 0 Å². The van der Waals surface area contributed by atoms with E-state index in [0.717, 1.165) is 13.1 Å². The number of hydrogen-bond acceptors (Lipinski definition) is 2. The molecule has 0 aliphatic rings. The molecule has 3 nitrogen and oxygen atoms in total. The van der Waals surface area contributed by atoms with E-state index in [1.165, 1.54) is 0 Å². The Kier molecular flexibility index (Phi) is 2.27. The third-order valence-corrected chi connectivity index (χ3v) is 1.15. The van der Waals surface area contributed by atoms with Gasteiger partial charge in [-0.25, -0.2) is 0 Å². The van der Waals surface area contributed by atoms with Gasteiger partial charge in [0.15, 0.2) is 12.8 Å². The Hall–Kier alpha value is -0.830. The van der Waals surface area contributed by atoms with Gasteiger partial charge in [-0.15, -0.1) is 0 Å². The van der Waals surface area contributed by atoms with Crippen LogP contribution in [0.1, 0.15) is 0 Å². The quantitative estimate of drug-likeness (QED) is 0.569. The van der Waals surface area contributed by atoms with Gasteiger partial charge in [-0.3, -0.25) is 0 Å². The average Bonchev–Trinajstić information content (AvgIpc) is 2.34. The molecular weight excluding hydrogens is 116 g/mol. The summed E-state index contributed by atoms with van der Waals surface area (Å²) in [6.07, 6.45) is 5.25. The standard InChI is InChI=1S/C6H11N2O/c1-7-2-3-8-4-5-9-6-8/h4-7H,2-3H2,1H3/q+1. The van der Waals surface area contributed by atoms with Crippen molar-refractivity contribution in [2.45, 2.75) is 6.54 Å². The van der Waals surface area contributed by atoms with Crippen molar-refractivity contribution in [3.8, 4) is 0 Å². The first kappa shape index (κ1) is 6.29. The number of rotatable bonds is 3. The molecule has 0 unspecified atom stereocenters. The summed E-state index contributed by atoms with van der Waals surface area (Å²) >= 11 is 0. The minimum Gasteiger partial charge on any atom is -0.412 e. The monoisotopic (exact) mass is 127 g/mol. The van der Waals surface area contributed by atoms with Crippen LogP contribution in [0.4, 0.5) is 0 Å². The normalized spacial score (nSPS) is 9.89. The summed E-state index contributed by atoms with van der Waals surface area (Å²) in [4.78, 5) is 0. The summed E-state index contributed by atoms with van der Waals surface area (Å²) < 4.78 is 6.83. The molecule has 1 N–H and O–H groups in total. The highest BCUT2D eigenvalue weighted by molar-refractivity contribution is 4.47. The largest absolute Gasteiger partial charge is 0.412 e. The fourth-order valence-electron chi connectivity index (χ4n) is 0.630. The summed E-state index contributed by atoms with van der Waals surface area (Å²) in [5.74, 6) is 0. The minimum absolute atomic E-state index is 0.965. The number of likely N-dealkylation sites (N-methyl/N-ethyl adjacent to an activating group) is 1. The van der Waals surface area contributed by atoms with E-state index in [-0.39, 0.29) is 0 Å². The maximum Gasteiger partial charge on any atom is 0.334 e. The van der Waals surface area contributed by atoms with E-state index >= 15 is 0 Å². The first-order valence-corrected chi connectivity index (χ1v) is 2.99. The third-order valence-electron chi connectivity index (χ3n) is 1.15. The van der Waals surface area contributed by atoms with Crippen LogP contribution in [-0.4, -0.2) is 13.6 Å². The summed E-state index contributed by atoms with van der Waals surface area (Å²) in [5, 5.41) is 3.04. The lowest BCUT2D eigenvalue weighted by Gasteiger charge is -1.88. The molecule has 0 radical (unpaired) electrons. The number of aromatic nitrogens is 1. The molecule has 50 valence electrons. The number of hydrogen-bond donors (Lipinski definition) is 1. The molecule has 0 saturated heterocycles. The third kappa shape index (κ3) is 1.85. The summed E-state index contributed by atoms with van der Waals surface area (Å²) in [6, 6.07) is 0. The zero-order valence-corrected chi connectivity index (χ0v) is 5.50. The molecule has 3 heteroatoms. The molecule has 0 amide bonds. The van der Waals surface area contributed by atoms with E-state index in [2.05, 4.69) is 5.32 Å². The van der Waals surface area contributed by atoms with Gasteiger partial charge in [-0.2, -0.15) is 4.57 Å². The van der Waals surface area contributed by atoms with Gasteiger partial charge in [0.2, 0.25) is 6.20 Å². The maximum atomic E-state index is 4.85. The predicted octanol–water partition coefficient (Wildman–Crippen LogP) is -0.214. The van der Waals surface area contributed by atoms with Crippen molar-refractivity contribution in [3.63, 3.8) is 0 Å². The van der Waals surface area contributed by atoms with Crippen LogP contribution in [0, 0.1) is 0 Å². The molecule has 0 aliphatic heterocycles. The molecule has 0 spiro atoms. The van der Waals surface area contributed by atoms with E-state index in [1.54, 1.807) is 12.7 Å². The molecule has 9 heavy (non-hydrogen) atoms. The Bertz CT molecular complexity index is 148. The molecule has 0 fully saturated rings. The Labute approximate surface area is 54.3 Å². The van der Waals surface area contributed by atoms with Gasteiger partial charge in [0.25, 0.3) is 0 Å². The summed E-state index contributed by atoms with van der Waals surface area (Å²) in [6.45, 7) is 1.94. The molecule has 0 aliphatic carbocycles. The van der Waals surface area contributed by atoms with Crippen molar-refractivity contribution in [2.75, 3.05) is 13.6 Å². The lowest BCUT2D eigenvalue weighted by molar-refractivity contribution is -0.697. The second-order valence-electron chi connectivity index (χ2n) is 1.87. The molecule has 0 saturated carbocycles. The minimum atomic E-state index is 0.965. The van der Waals surface area contributed by atoms with Gasteiger partial charge in [-0.05, 0) is 7.05 Å². The van der Waals surface area contributed by atoms with Gasteiger partial charge in [0.05, 0.1) is 6.54 Å². The van der Waals surface area contributed by atoms with E-state index in [4.69, 9.17) is 4.42 Å². The second-order valence-corrected chi connectivity index (χ2v) is 1.87. The Balaban J connectivity index is 2.30. The van der Waals surface area contributed by atoms with Crippen molar-refractivity contribution in [3.05, 3.63) is 18.9 Å². The molecule has 1 heterocycles. The number of oxazole rings is 1. The lowest BCUT2D eigenvalue weighted by atomic mass is 10.6. The lowest BCUT2D eigenvalue weighted by Crippen LogP contribution is -2.35. The van der Waals surface area contributed by atoms with Gasteiger partial charge in [-0.1, -0.05) is 0 Å². The smallest absolute Gasteiger partial charge is 0.334 e. The van der Waals surface area contributed by atoms with E-state index in [1.807, 2.05) is 17.8 Å². The molecule has 1 aromatic heterocycles. The fourth-order valence-corrected chi connectivity index (χ4v) is 0.630. The van der Waals surface area contributed by atoms with Crippen LogP contribution in [0.5, 0.6) is 0 Å². The molecular formula is C6H11N2O+. The Morgan fingerprint density at radius 1 is 1.67 bits per heavy atom. The highest BCUT2D eigenvalue weighted by atomic mass is 16.3. The van der Waals surface area contributed by atoms with Crippen LogP contribution >= 0.6 is 0 Å². The van der Waals surface area contributed by atoms with Crippen LogP contribution < -0.4 is 9.88 Å². The average molecular weight is 127 g/mol. The zero-order chi connectivity index (χ0) is 6.53. The van der Waals surface area contributed by atoms with Gasteiger partial charge in [0.1, 0.15) is 0 Å². The van der Waals surface area contributed by atoms with E-state index in [9.17, 15) is 0 Å². The van der Waals surface area contributed by atoms with Crippen LogP contribution in [0.2, 0.25) is 0 Å². The first-order chi connectivity index (χ1) is 4.43. The number of nitrogens with zero attached hydrogens (tertiary/aromatic N) is 1. The SMILES string of the molecule is CNCC[n+]1ccoc1. The fraction of sp³-hybridized carbons (Fsp3) is 0.500. The van der Waals surface area contributed by atoms with Crippen molar-refractivity contribution in [1.82, 2.24) is 5.32 Å². The van der Waals surface area contributed by atoms with Crippen LogP contribution in [0.25, 0.3) is 0 Å².